The van der Waals surface area contributed by atoms with E-state index in [0.29, 0.717) is 0 Å². The predicted octanol–water partition coefficient (Wildman–Crippen LogP) is 3.27. The van der Waals surface area contributed by atoms with Gasteiger partial charge in [0.05, 0.1) is 18.0 Å². The van der Waals surface area contributed by atoms with Crippen LogP contribution in [0, 0.1) is 23.4 Å². The highest BCUT2D eigenvalue weighted by Gasteiger charge is 2.15. The molecule has 1 aromatic heterocycles. The van der Waals surface area contributed by atoms with Crippen LogP contribution in [0.3, 0.4) is 0 Å². The standard InChI is InChI=1S/C17H19F3N2O/c1-10(2)17(9-23)21-8-16-13(19)5-6-15(22-16)12-4-3-11(18)7-14(12)20/h3-7,10,17,21,23H,8-9H2,1-2H3/t17-/m0/s1. The molecule has 23 heavy (non-hydrogen) atoms. The Labute approximate surface area is 133 Å². The number of aliphatic hydroxyl groups is 1. The molecule has 0 fully saturated rings. The fourth-order valence-corrected chi connectivity index (χ4v) is 2.19. The minimum absolute atomic E-state index is 0.0778. The van der Waals surface area contributed by atoms with Gasteiger partial charge in [-0.15, -0.1) is 0 Å². The highest BCUT2D eigenvalue weighted by molar-refractivity contribution is 5.60. The molecule has 0 unspecified atom stereocenters. The molecular formula is C17H19F3N2O. The van der Waals surface area contributed by atoms with Crippen molar-refractivity contribution in [1.82, 2.24) is 10.3 Å². The molecule has 1 heterocycles. The van der Waals surface area contributed by atoms with Crippen molar-refractivity contribution in [2.24, 2.45) is 5.92 Å². The SMILES string of the molecule is CC(C)[C@H](CO)NCc1nc(-c2ccc(F)cc2F)ccc1F. The van der Waals surface area contributed by atoms with Crippen LogP contribution in [0.1, 0.15) is 19.5 Å². The second kappa shape index (κ2) is 7.57. The number of nitrogens with one attached hydrogen (secondary N) is 1. The van der Waals surface area contributed by atoms with Gasteiger partial charge in [-0.3, -0.25) is 0 Å². The van der Waals surface area contributed by atoms with Crippen molar-refractivity contribution in [2.45, 2.75) is 26.4 Å². The van der Waals surface area contributed by atoms with E-state index in [0.717, 1.165) is 12.1 Å². The maximum atomic E-state index is 13.9. The quantitative estimate of drug-likeness (QED) is 0.857. The Balaban J connectivity index is 2.25. The average Bonchev–Trinajstić information content (AvgIpc) is 2.49. The third-order valence-electron chi connectivity index (χ3n) is 3.66. The molecule has 2 N–H and O–H groups in total. The summed E-state index contributed by atoms with van der Waals surface area (Å²) in [5, 5.41) is 12.3. The van der Waals surface area contributed by atoms with E-state index < -0.39 is 17.5 Å². The molecule has 0 aliphatic rings. The molecule has 2 aromatic rings. The van der Waals surface area contributed by atoms with Crippen molar-refractivity contribution >= 4 is 0 Å². The van der Waals surface area contributed by atoms with Crippen LogP contribution in [0.2, 0.25) is 0 Å². The molecular weight excluding hydrogens is 305 g/mol. The molecule has 3 nitrogen and oxygen atoms in total. The third-order valence-corrected chi connectivity index (χ3v) is 3.66. The van der Waals surface area contributed by atoms with E-state index in [2.05, 4.69) is 10.3 Å². The van der Waals surface area contributed by atoms with Crippen molar-refractivity contribution < 1.29 is 18.3 Å². The molecule has 2 rings (SSSR count). The highest BCUT2D eigenvalue weighted by Crippen LogP contribution is 2.23. The molecule has 6 heteroatoms. The molecule has 0 spiro atoms. The monoisotopic (exact) mass is 324 g/mol. The van der Waals surface area contributed by atoms with E-state index in [-0.39, 0.29) is 42.1 Å². The lowest BCUT2D eigenvalue weighted by Crippen LogP contribution is -2.37. The Hall–Kier alpha value is -1.92. The van der Waals surface area contributed by atoms with Gasteiger partial charge in [0.1, 0.15) is 17.5 Å². The summed E-state index contributed by atoms with van der Waals surface area (Å²) in [5.74, 6) is -1.79. The van der Waals surface area contributed by atoms with Crippen LogP contribution in [-0.4, -0.2) is 22.7 Å². The molecule has 0 bridgehead atoms. The summed E-state index contributed by atoms with van der Waals surface area (Å²) in [5.41, 5.74) is 0.450. The van der Waals surface area contributed by atoms with Crippen LogP contribution in [-0.2, 0) is 6.54 Å². The van der Waals surface area contributed by atoms with Crippen LogP contribution in [0.15, 0.2) is 30.3 Å². The lowest BCUT2D eigenvalue weighted by Gasteiger charge is -2.20. The number of hydrogen-bond acceptors (Lipinski definition) is 3. The Morgan fingerprint density at radius 2 is 1.83 bits per heavy atom. The molecule has 0 aliphatic heterocycles. The van der Waals surface area contributed by atoms with Crippen LogP contribution in [0.4, 0.5) is 13.2 Å². The first-order valence-corrected chi connectivity index (χ1v) is 7.37. The number of aliphatic hydroxyl groups excluding tert-OH is 1. The van der Waals surface area contributed by atoms with Gasteiger partial charge in [-0.2, -0.15) is 0 Å². The molecule has 0 saturated carbocycles. The van der Waals surface area contributed by atoms with Crippen molar-refractivity contribution in [3.8, 4) is 11.3 Å². The number of rotatable bonds is 6. The van der Waals surface area contributed by atoms with Crippen LogP contribution < -0.4 is 5.32 Å². The molecule has 124 valence electrons. The average molecular weight is 324 g/mol. The molecule has 0 aliphatic carbocycles. The second-order valence-corrected chi connectivity index (χ2v) is 5.66. The Bertz CT molecular complexity index is 677. The number of aromatic nitrogens is 1. The lowest BCUT2D eigenvalue weighted by atomic mass is 10.1. The van der Waals surface area contributed by atoms with Crippen LogP contribution in [0.25, 0.3) is 11.3 Å². The highest BCUT2D eigenvalue weighted by atomic mass is 19.1. The lowest BCUT2D eigenvalue weighted by molar-refractivity contribution is 0.209. The summed E-state index contributed by atoms with van der Waals surface area (Å²) in [4.78, 5) is 4.12. The van der Waals surface area contributed by atoms with Gasteiger partial charge < -0.3 is 10.4 Å². The summed E-state index contributed by atoms with van der Waals surface area (Å²) in [6.07, 6.45) is 0. The molecule has 0 radical (unpaired) electrons. The maximum absolute atomic E-state index is 13.9. The van der Waals surface area contributed by atoms with Gasteiger partial charge in [0, 0.05) is 24.2 Å². The van der Waals surface area contributed by atoms with Gasteiger partial charge in [0.25, 0.3) is 0 Å². The van der Waals surface area contributed by atoms with E-state index in [1.54, 1.807) is 0 Å². The summed E-state index contributed by atoms with van der Waals surface area (Å²) in [6.45, 7) is 3.89. The first-order chi connectivity index (χ1) is 10.9. The fraction of sp³-hybridized carbons (Fsp3) is 0.353. The maximum Gasteiger partial charge on any atom is 0.146 e. The Morgan fingerprint density at radius 1 is 1.09 bits per heavy atom. The van der Waals surface area contributed by atoms with E-state index in [1.807, 2.05) is 13.8 Å². The number of halogens is 3. The summed E-state index contributed by atoms with van der Waals surface area (Å²) in [6, 6.07) is 5.52. The smallest absolute Gasteiger partial charge is 0.146 e. The Morgan fingerprint density at radius 3 is 2.43 bits per heavy atom. The van der Waals surface area contributed by atoms with Gasteiger partial charge >= 0.3 is 0 Å². The fourth-order valence-electron chi connectivity index (χ4n) is 2.19. The number of pyridine rings is 1. The zero-order valence-corrected chi connectivity index (χ0v) is 13.0. The summed E-state index contributed by atoms with van der Waals surface area (Å²) >= 11 is 0. The van der Waals surface area contributed by atoms with Crippen molar-refractivity contribution in [1.29, 1.82) is 0 Å². The van der Waals surface area contributed by atoms with E-state index >= 15 is 0 Å². The number of nitrogens with zero attached hydrogens (tertiary/aromatic N) is 1. The minimum atomic E-state index is -0.751. The molecule has 1 aromatic carbocycles. The normalized spacial score (nSPS) is 12.7. The number of benzene rings is 1. The van der Waals surface area contributed by atoms with Crippen molar-refractivity contribution in [2.75, 3.05) is 6.61 Å². The van der Waals surface area contributed by atoms with Gasteiger partial charge in [-0.1, -0.05) is 13.8 Å². The van der Waals surface area contributed by atoms with Gasteiger partial charge in [-0.25, -0.2) is 18.2 Å². The first kappa shape index (κ1) is 17.4. The van der Waals surface area contributed by atoms with Crippen molar-refractivity contribution in [3.63, 3.8) is 0 Å². The molecule has 0 saturated heterocycles. The van der Waals surface area contributed by atoms with E-state index in [9.17, 15) is 18.3 Å². The summed E-state index contributed by atoms with van der Waals surface area (Å²) < 4.78 is 40.7. The van der Waals surface area contributed by atoms with Gasteiger partial charge in [0.15, 0.2) is 0 Å². The largest absolute Gasteiger partial charge is 0.395 e. The Kier molecular flexibility index (Phi) is 5.74. The van der Waals surface area contributed by atoms with Crippen LogP contribution >= 0.6 is 0 Å². The second-order valence-electron chi connectivity index (χ2n) is 5.66. The van der Waals surface area contributed by atoms with E-state index in [4.69, 9.17) is 0 Å². The zero-order valence-electron chi connectivity index (χ0n) is 13.0. The summed E-state index contributed by atoms with van der Waals surface area (Å²) in [7, 11) is 0. The van der Waals surface area contributed by atoms with Crippen molar-refractivity contribution in [3.05, 3.63) is 53.5 Å². The predicted molar refractivity (Wildman–Crippen MR) is 82.1 cm³/mol. The molecule has 0 amide bonds. The first-order valence-electron chi connectivity index (χ1n) is 7.37. The van der Waals surface area contributed by atoms with Gasteiger partial charge in [0.2, 0.25) is 0 Å². The molecule has 1 atom stereocenters. The van der Waals surface area contributed by atoms with Crippen LogP contribution in [0.5, 0.6) is 0 Å². The van der Waals surface area contributed by atoms with E-state index in [1.165, 1.54) is 18.2 Å². The minimum Gasteiger partial charge on any atom is -0.395 e. The van der Waals surface area contributed by atoms with Gasteiger partial charge in [-0.05, 0) is 30.2 Å². The zero-order chi connectivity index (χ0) is 17.0. The number of hydrogen-bond donors (Lipinski definition) is 2. The third kappa shape index (κ3) is 4.30. The topological polar surface area (TPSA) is 45.1 Å².